The molecule has 0 saturated heterocycles. The topological polar surface area (TPSA) is 77.8 Å². The summed E-state index contributed by atoms with van der Waals surface area (Å²) in [6.07, 6.45) is 0. The van der Waals surface area contributed by atoms with Crippen molar-refractivity contribution in [1.29, 1.82) is 0 Å². The summed E-state index contributed by atoms with van der Waals surface area (Å²) < 4.78 is 12.7. The summed E-state index contributed by atoms with van der Waals surface area (Å²) in [5.41, 5.74) is 8.78. The molecule has 0 atom stereocenters. The fourth-order valence-electron chi connectivity index (χ4n) is 6.79. The van der Waals surface area contributed by atoms with E-state index in [2.05, 4.69) is 66.7 Å². The van der Waals surface area contributed by atoms with Crippen molar-refractivity contribution in [2.24, 2.45) is 0 Å². The zero-order chi connectivity index (χ0) is 33.0. The summed E-state index contributed by atoms with van der Waals surface area (Å²) in [5.74, 6) is 2.43. The van der Waals surface area contributed by atoms with E-state index in [1.165, 1.54) is 0 Å². The van der Waals surface area contributed by atoms with E-state index in [9.17, 15) is 0 Å². The van der Waals surface area contributed by atoms with Crippen molar-refractivity contribution in [3.8, 4) is 56.7 Å². The molecule has 10 rings (SSSR count). The van der Waals surface area contributed by atoms with Gasteiger partial charge in [0.2, 0.25) is 5.89 Å². The van der Waals surface area contributed by atoms with Gasteiger partial charge in [0, 0.05) is 33.0 Å². The number of rotatable bonds is 5. The van der Waals surface area contributed by atoms with Gasteiger partial charge in [0.15, 0.2) is 28.6 Å². The van der Waals surface area contributed by atoms with Crippen molar-refractivity contribution in [1.82, 2.24) is 19.9 Å². The molecule has 0 fully saturated rings. The summed E-state index contributed by atoms with van der Waals surface area (Å²) in [6.45, 7) is 0. The Morgan fingerprint density at radius 2 is 0.900 bits per heavy atom. The van der Waals surface area contributed by atoms with Gasteiger partial charge < -0.3 is 8.83 Å². The molecule has 0 aliphatic heterocycles. The van der Waals surface area contributed by atoms with E-state index in [0.29, 0.717) is 34.5 Å². The molecule has 0 aliphatic rings. The van der Waals surface area contributed by atoms with E-state index in [1.54, 1.807) is 0 Å². The molecule has 0 saturated carbocycles. The van der Waals surface area contributed by atoms with Crippen LogP contribution in [-0.4, -0.2) is 19.9 Å². The number of hydrogen-bond acceptors (Lipinski definition) is 6. The number of hydrogen-bond donors (Lipinski definition) is 0. The lowest BCUT2D eigenvalue weighted by atomic mass is 9.94. The van der Waals surface area contributed by atoms with E-state index in [-0.39, 0.29) is 0 Å². The van der Waals surface area contributed by atoms with Gasteiger partial charge in [-0.25, -0.2) is 19.9 Å². The Kier molecular flexibility index (Phi) is 6.39. The first kappa shape index (κ1) is 28.1. The van der Waals surface area contributed by atoms with Crippen LogP contribution in [0.15, 0.2) is 167 Å². The minimum Gasteiger partial charge on any atom is -0.452 e. The first-order valence-electron chi connectivity index (χ1n) is 16.5. The van der Waals surface area contributed by atoms with E-state index < -0.39 is 0 Å². The van der Waals surface area contributed by atoms with Crippen LogP contribution in [0.5, 0.6) is 0 Å². The number of nitrogens with zero attached hydrogens (tertiary/aromatic N) is 4. The average molecular weight is 643 g/mol. The molecule has 6 nitrogen and oxygen atoms in total. The highest BCUT2D eigenvalue weighted by Gasteiger charge is 2.19. The predicted molar refractivity (Wildman–Crippen MR) is 199 cm³/mol. The van der Waals surface area contributed by atoms with Crippen LogP contribution in [0.1, 0.15) is 0 Å². The Hall–Kier alpha value is -6.92. The van der Waals surface area contributed by atoms with Crippen LogP contribution in [0, 0.1) is 0 Å². The summed E-state index contributed by atoms with van der Waals surface area (Å²) >= 11 is 0. The molecule has 3 heterocycles. The predicted octanol–water partition coefficient (Wildman–Crippen LogP) is 11.4. The van der Waals surface area contributed by atoms with Gasteiger partial charge in [0.05, 0.1) is 0 Å². The van der Waals surface area contributed by atoms with Crippen LogP contribution in [0.25, 0.3) is 101 Å². The SMILES string of the molecule is c1ccc(-c2nc(-c3ccccc3)nc(-c3cccc(-c4ccc(-c5nc6ccc7c8ccccc8oc7c6o5)c5ccccc45)c3)n2)cc1. The Morgan fingerprint density at radius 3 is 1.62 bits per heavy atom. The maximum absolute atomic E-state index is 6.50. The van der Waals surface area contributed by atoms with Crippen LogP contribution in [0.3, 0.4) is 0 Å². The summed E-state index contributed by atoms with van der Waals surface area (Å²) in [4.78, 5) is 19.7. The quantitative estimate of drug-likeness (QED) is 0.186. The van der Waals surface area contributed by atoms with Crippen LogP contribution in [0.4, 0.5) is 0 Å². The number of benzene rings is 7. The van der Waals surface area contributed by atoms with Crippen molar-refractivity contribution in [2.75, 3.05) is 0 Å². The van der Waals surface area contributed by atoms with Crippen LogP contribution in [-0.2, 0) is 0 Å². The molecule has 0 radical (unpaired) electrons. The van der Waals surface area contributed by atoms with Gasteiger partial charge in [-0.1, -0.05) is 127 Å². The highest BCUT2D eigenvalue weighted by atomic mass is 16.4. The van der Waals surface area contributed by atoms with Gasteiger partial charge >= 0.3 is 0 Å². The van der Waals surface area contributed by atoms with Gasteiger partial charge in [-0.2, -0.15) is 0 Å². The molecule has 10 aromatic rings. The normalized spacial score (nSPS) is 11.6. The van der Waals surface area contributed by atoms with Crippen LogP contribution >= 0.6 is 0 Å². The van der Waals surface area contributed by atoms with Gasteiger partial charge in [-0.3, -0.25) is 0 Å². The van der Waals surface area contributed by atoms with Crippen LogP contribution < -0.4 is 0 Å². The maximum atomic E-state index is 6.50. The molecule has 0 spiro atoms. The van der Waals surface area contributed by atoms with Gasteiger partial charge in [0.1, 0.15) is 11.1 Å². The number of aromatic nitrogens is 4. The molecule has 0 aliphatic carbocycles. The monoisotopic (exact) mass is 642 g/mol. The molecule has 6 heteroatoms. The summed E-state index contributed by atoms with van der Waals surface area (Å²) in [7, 11) is 0. The highest BCUT2D eigenvalue weighted by Crippen LogP contribution is 2.40. The zero-order valence-electron chi connectivity index (χ0n) is 26.6. The molecule has 0 amide bonds. The maximum Gasteiger partial charge on any atom is 0.228 e. The van der Waals surface area contributed by atoms with Crippen molar-refractivity contribution in [2.45, 2.75) is 0 Å². The Bertz CT molecular complexity index is 2820. The van der Waals surface area contributed by atoms with E-state index in [1.807, 2.05) is 91.0 Å². The number of furan rings is 1. The fourth-order valence-corrected chi connectivity index (χ4v) is 6.79. The first-order valence-corrected chi connectivity index (χ1v) is 16.5. The second-order valence-corrected chi connectivity index (χ2v) is 12.2. The molecule has 0 unspecified atom stereocenters. The highest BCUT2D eigenvalue weighted by molar-refractivity contribution is 6.13. The third-order valence-electron chi connectivity index (χ3n) is 9.19. The second kappa shape index (κ2) is 11.4. The van der Waals surface area contributed by atoms with Gasteiger partial charge in [-0.05, 0) is 52.2 Å². The van der Waals surface area contributed by atoms with Gasteiger partial charge in [-0.15, -0.1) is 0 Å². The van der Waals surface area contributed by atoms with Gasteiger partial charge in [0.25, 0.3) is 0 Å². The zero-order valence-corrected chi connectivity index (χ0v) is 26.6. The third kappa shape index (κ3) is 4.65. The molecule has 7 aromatic carbocycles. The van der Waals surface area contributed by atoms with Crippen molar-refractivity contribution in [3.63, 3.8) is 0 Å². The number of fused-ring (bicyclic) bond motifs is 6. The van der Waals surface area contributed by atoms with E-state index in [4.69, 9.17) is 28.8 Å². The fraction of sp³-hybridized carbons (Fsp3) is 0. The van der Waals surface area contributed by atoms with Crippen molar-refractivity contribution in [3.05, 3.63) is 158 Å². The Labute approximate surface area is 286 Å². The molecule has 50 heavy (non-hydrogen) atoms. The largest absolute Gasteiger partial charge is 0.452 e. The standard InChI is InChI=1S/C44H26N4O2/c1-3-12-27(13-4-1)41-46-42(28-14-5-2-6-15-28)48-43(47-41)30-17-11-16-29(26-30)31-22-23-36(33-19-8-7-18-32(31)33)44-45-37-25-24-35-34-20-9-10-21-38(34)49-39(35)40(37)50-44/h1-26H. The lowest BCUT2D eigenvalue weighted by molar-refractivity contribution is 0.604. The number of oxazole rings is 1. The first-order chi connectivity index (χ1) is 24.8. The second-order valence-electron chi connectivity index (χ2n) is 12.2. The lowest BCUT2D eigenvalue weighted by Crippen LogP contribution is -2.00. The Morgan fingerprint density at radius 1 is 0.340 bits per heavy atom. The minimum atomic E-state index is 0.552. The number of para-hydroxylation sites is 1. The van der Waals surface area contributed by atoms with Crippen LogP contribution in [0.2, 0.25) is 0 Å². The van der Waals surface area contributed by atoms with E-state index in [0.717, 1.165) is 66.0 Å². The summed E-state index contributed by atoms with van der Waals surface area (Å²) in [5, 5.41) is 4.20. The average Bonchev–Trinajstić information content (AvgIpc) is 3.80. The lowest BCUT2D eigenvalue weighted by Gasteiger charge is -2.12. The molecule has 0 bridgehead atoms. The molecule has 234 valence electrons. The summed E-state index contributed by atoms with van der Waals surface area (Å²) in [6, 6.07) is 53.1. The smallest absolute Gasteiger partial charge is 0.228 e. The van der Waals surface area contributed by atoms with Crippen molar-refractivity contribution >= 4 is 43.8 Å². The van der Waals surface area contributed by atoms with E-state index >= 15 is 0 Å². The minimum absolute atomic E-state index is 0.552. The van der Waals surface area contributed by atoms with Crippen molar-refractivity contribution < 1.29 is 8.83 Å². The molecule has 0 N–H and O–H groups in total. The third-order valence-corrected chi connectivity index (χ3v) is 9.19. The Balaban J connectivity index is 1.09. The molecule has 3 aromatic heterocycles. The molecular weight excluding hydrogens is 617 g/mol. The molecular formula is C44H26N4O2.